The Morgan fingerprint density at radius 1 is 1.06 bits per heavy atom. The second-order valence-corrected chi connectivity index (χ2v) is 3.42. The summed E-state index contributed by atoms with van der Waals surface area (Å²) in [7, 11) is 0. The molecule has 0 aliphatic carbocycles. The maximum Gasteiger partial charge on any atom is 0.405 e. The van der Waals surface area contributed by atoms with Crippen molar-refractivity contribution in [1.29, 1.82) is 0 Å². The number of carboxylic acid groups (broad SMARTS) is 1. The highest BCUT2D eigenvalue weighted by Gasteiger charge is 2.27. The van der Waals surface area contributed by atoms with Crippen molar-refractivity contribution in [3.05, 3.63) is 0 Å². The van der Waals surface area contributed by atoms with Gasteiger partial charge in [-0.15, -0.1) is 0 Å². The van der Waals surface area contributed by atoms with Crippen molar-refractivity contribution in [3.8, 4) is 0 Å². The number of nitrogens with one attached hydrogen (secondary N) is 2. The maximum atomic E-state index is 11.7. The second-order valence-electron chi connectivity index (χ2n) is 3.42. The number of alkyl halides is 3. The Morgan fingerprint density at radius 3 is 2.11 bits per heavy atom. The largest absolute Gasteiger partial charge is 0.481 e. The summed E-state index contributed by atoms with van der Waals surface area (Å²) in [5.41, 5.74) is 0. The lowest BCUT2D eigenvalue weighted by molar-refractivity contribution is -0.141. The molecule has 6 nitrogen and oxygen atoms in total. The van der Waals surface area contributed by atoms with Gasteiger partial charge in [0, 0.05) is 13.0 Å². The van der Waals surface area contributed by atoms with Crippen LogP contribution in [-0.4, -0.2) is 42.2 Å². The molecule has 0 fully saturated rings. The third-order valence-corrected chi connectivity index (χ3v) is 1.70. The van der Waals surface area contributed by atoms with E-state index in [9.17, 15) is 27.6 Å². The van der Waals surface area contributed by atoms with Crippen molar-refractivity contribution < 1.29 is 32.7 Å². The van der Waals surface area contributed by atoms with Crippen molar-refractivity contribution >= 4 is 17.8 Å². The summed E-state index contributed by atoms with van der Waals surface area (Å²) >= 11 is 0. The molecule has 0 saturated carbocycles. The van der Waals surface area contributed by atoms with Crippen LogP contribution in [0.4, 0.5) is 13.2 Å². The monoisotopic (exact) mass is 270 g/mol. The van der Waals surface area contributed by atoms with Gasteiger partial charge < -0.3 is 15.7 Å². The molecule has 0 saturated heterocycles. The lowest BCUT2D eigenvalue weighted by Gasteiger charge is -2.08. The van der Waals surface area contributed by atoms with Crippen LogP contribution in [0, 0.1) is 0 Å². The molecule has 0 radical (unpaired) electrons. The van der Waals surface area contributed by atoms with E-state index in [1.807, 2.05) is 0 Å². The highest BCUT2D eigenvalue weighted by atomic mass is 19.4. The fourth-order valence-corrected chi connectivity index (χ4v) is 0.937. The fraction of sp³-hybridized carbons (Fsp3) is 0.667. The van der Waals surface area contributed by atoms with Gasteiger partial charge in [0.15, 0.2) is 0 Å². The summed E-state index contributed by atoms with van der Waals surface area (Å²) in [6.07, 6.45) is -5.19. The van der Waals surface area contributed by atoms with Gasteiger partial charge in [0.25, 0.3) is 0 Å². The first-order chi connectivity index (χ1) is 8.20. The van der Waals surface area contributed by atoms with Gasteiger partial charge in [-0.25, -0.2) is 0 Å². The van der Waals surface area contributed by atoms with Gasteiger partial charge in [-0.05, 0) is 6.42 Å². The minimum absolute atomic E-state index is 0.0533. The number of hydrogen-bond donors (Lipinski definition) is 3. The van der Waals surface area contributed by atoms with Crippen molar-refractivity contribution in [2.75, 3.05) is 13.1 Å². The molecular weight excluding hydrogens is 257 g/mol. The number of carbonyl (C=O) groups excluding carboxylic acids is 2. The predicted octanol–water partition coefficient (Wildman–Crippen LogP) is 0.0360. The summed E-state index contributed by atoms with van der Waals surface area (Å²) in [5, 5.41) is 12.1. The van der Waals surface area contributed by atoms with E-state index in [4.69, 9.17) is 5.11 Å². The molecule has 9 heteroatoms. The first kappa shape index (κ1) is 16.2. The van der Waals surface area contributed by atoms with Gasteiger partial charge in [0.05, 0.1) is 0 Å². The zero-order valence-electron chi connectivity index (χ0n) is 9.34. The minimum atomic E-state index is -4.52. The Hall–Kier alpha value is -1.80. The number of amides is 2. The smallest absolute Gasteiger partial charge is 0.405 e. The molecule has 18 heavy (non-hydrogen) atoms. The molecule has 0 aliphatic rings. The predicted molar refractivity (Wildman–Crippen MR) is 53.6 cm³/mol. The Balaban J connectivity index is 3.68. The Kier molecular flexibility index (Phi) is 6.76. The number of carboxylic acids is 1. The van der Waals surface area contributed by atoms with Gasteiger partial charge in [-0.3, -0.25) is 14.4 Å². The van der Waals surface area contributed by atoms with Crippen molar-refractivity contribution in [1.82, 2.24) is 10.6 Å². The number of rotatable bonds is 7. The molecule has 0 aromatic rings. The Labute approximate surface area is 101 Å². The molecule has 0 aromatic carbocycles. The SMILES string of the molecule is O=C(O)CCCNC(=O)CC(=O)NCC(F)(F)F. The van der Waals surface area contributed by atoms with E-state index in [1.54, 1.807) is 5.32 Å². The number of hydrogen-bond acceptors (Lipinski definition) is 3. The third kappa shape index (κ3) is 10.7. The van der Waals surface area contributed by atoms with Gasteiger partial charge in [0.2, 0.25) is 11.8 Å². The van der Waals surface area contributed by atoms with E-state index in [0.717, 1.165) is 0 Å². The van der Waals surface area contributed by atoms with Crippen LogP contribution in [0.25, 0.3) is 0 Å². The summed E-state index contributed by atoms with van der Waals surface area (Å²) in [6, 6.07) is 0. The summed E-state index contributed by atoms with van der Waals surface area (Å²) in [6.45, 7) is -1.43. The van der Waals surface area contributed by atoms with E-state index in [1.165, 1.54) is 0 Å². The van der Waals surface area contributed by atoms with Crippen LogP contribution in [0.2, 0.25) is 0 Å². The van der Waals surface area contributed by atoms with Crippen LogP contribution in [0.15, 0.2) is 0 Å². The van der Waals surface area contributed by atoms with E-state index in [0.29, 0.717) is 0 Å². The van der Waals surface area contributed by atoms with Crippen LogP contribution in [0.3, 0.4) is 0 Å². The average molecular weight is 270 g/mol. The number of carbonyl (C=O) groups is 3. The Morgan fingerprint density at radius 2 is 1.61 bits per heavy atom. The lowest BCUT2D eigenvalue weighted by Crippen LogP contribution is -2.37. The molecule has 0 aliphatic heterocycles. The molecule has 104 valence electrons. The summed E-state index contributed by atoms with van der Waals surface area (Å²) in [4.78, 5) is 32.0. The van der Waals surface area contributed by atoms with Gasteiger partial charge in [-0.2, -0.15) is 13.2 Å². The third-order valence-electron chi connectivity index (χ3n) is 1.70. The van der Waals surface area contributed by atoms with Crippen LogP contribution >= 0.6 is 0 Å². The van der Waals surface area contributed by atoms with Crippen LogP contribution in [0.5, 0.6) is 0 Å². The molecule has 0 rings (SSSR count). The topological polar surface area (TPSA) is 95.5 Å². The molecule has 0 aromatic heterocycles. The first-order valence-corrected chi connectivity index (χ1v) is 5.02. The lowest BCUT2D eigenvalue weighted by atomic mass is 10.3. The molecule has 0 unspecified atom stereocenters. The van der Waals surface area contributed by atoms with E-state index < -0.39 is 36.9 Å². The van der Waals surface area contributed by atoms with Gasteiger partial charge >= 0.3 is 12.1 Å². The minimum Gasteiger partial charge on any atom is -0.481 e. The average Bonchev–Trinajstić information content (AvgIpc) is 2.20. The summed E-state index contributed by atoms with van der Waals surface area (Å²) in [5.74, 6) is -2.81. The highest BCUT2D eigenvalue weighted by Crippen LogP contribution is 2.12. The maximum absolute atomic E-state index is 11.7. The molecule has 0 bridgehead atoms. The van der Waals surface area contributed by atoms with E-state index in [2.05, 4.69) is 5.32 Å². The van der Waals surface area contributed by atoms with Gasteiger partial charge in [0.1, 0.15) is 13.0 Å². The van der Waals surface area contributed by atoms with E-state index >= 15 is 0 Å². The standard InChI is InChI=1S/C9H13F3N2O4/c10-9(11,12)5-14-7(16)4-6(15)13-3-1-2-8(17)18/h1-5H2,(H,13,15)(H,14,16)(H,17,18). The molecule has 2 amide bonds. The highest BCUT2D eigenvalue weighted by molar-refractivity contribution is 5.96. The second kappa shape index (κ2) is 7.51. The zero-order valence-corrected chi connectivity index (χ0v) is 9.34. The summed E-state index contributed by atoms with van der Waals surface area (Å²) < 4.78 is 35.1. The van der Waals surface area contributed by atoms with Crippen LogP contribution in [0.1, 0.15) is 19.3 Å². The fourth-order valence-electron chi connectivity index (χ4n) is 0.937. The van der Waals surface area contributed by atoms with E-state index in [-0.39, 0.29) is 19.4 Å². The number of halogens is 3. The van der Waals surface area contributed by atoms with Crippen LogP contribution in [-0.2, 0) is 14.4 Å². The molecule has 0 spiro atoms. The van der Waals surface area contributed by atoms with Crippen molar-refractivity contribution in [3.63, 3.8) is 0 Å². The van der Waals surface area contributed by atoms with Crippen molar-refractivity contribution in [2.45, 2.75) is 25.4 Å². The molecule has 0 atom stereocenters. The number of aliphatic carboxylic acids is 1. The quantitative estimate of drug-likeness (QED) is 0.449. The first-order valence-electron chi connectivity index (χ1n) is 5.02. The van der Waals surface area contributed by atoms with Crippen LogP contribution < -0.4 is 10.6 Å². The van der Waals surface area contributed by atoms with Crippen molar-refractivity contribution in [2.24, 2.45) is 0 Å². The molecule has 3 N–H and O–H groups in total. The Bertz CT molecular complexity index is 317. The molecular formula is C9H13F3N2O4. The normalized spacial score (nSPS) is 10.8. The zero-order chi connectivity index (χ0) is 14.2. The molecule has 0 heterocycles. The van der Waals surface area contributed by atoms with Gasteiger partial charge in [-0.1, -0.05) is 0 Å².